The van der Waals surface area contributed by atoms with Crippen LogP contribution in [0.3, 0.4) is 0 Å². The lowest BCUT2D eigenvalue weighted by Crippen LogP contribution is -2.39. The Morgan fingerprint density at radius 3 is 2.54 bits per heavy atom. The Bertz CT molecular complexity index is 841. The van der Waals surface area contributed by atoms with Crippen molar-refractivity contribution < 1.29 is 14.3 Å². The first-order chi connectivity index (χ1) is 12.3. The number of anilines is 1. The maximum Gasteiger partial charge on any atom is 0.291 e. The molecule has 7 nitrogen and oxygen atoms in total. The number of amides is 1. The van der Waals surface area contributed by atoms with E-state index in [0.717, 1.165) is 23.9 Å². The third-order valence-corrected chi connectivity index (χ3v) is 6.88. The summed E-state index contributed by atoms with van der Waals surface area (Å²) >= 11 is 1.70. The Labute approximate surface area is 156 Å². The van der Waals surface area contributed by atoms with Crippen LogP contribution in [0.5, 0.6) is 0 Å². The van der Waals surface area contributed by atoms with E-state index in [1.165, 1.54) is 4.88 Å². The molecule has 2 atom stereocenters. The van der Waals surface area contributed by atoms with Gasteiger partial charge in [0.15, 0.2) is 11.0 Å². The monoisotopic (exact) mass is 376 g/mol. The smallest absolute Gasteiger partial charge is 0.291 e. The number of thiazole rings is 1. The van der Waals surface area contributed by atoms with Crippen LogP contribution in [0.15, 0.2) is 4.42 Å². The molecule has 2 saturated heterocycles. The number of rotatable bonds is 3. The average molecular weight is 376 g/mol. The number of carbonyl (C=O) groups is 1. The van der Waals surface area contributed by atoms with Gasteiger partial charge in [-0.2, -0.15) is 0 Å². The fourth-order valence-electron chi connectivity index (χ4n) is 4.17. The summed E-state index contributed by atoms with van der Waals surface area (Å²) < 4.78 is 5.50. The maximum absolute atomic E-state index is 12.9. The summed E-state index contributed by atoms with van der Waals surface area (Å²) in [4.78, 5) is 27.0. The van der Waals surface area contributed by atoms with Crippen molar-refractivity contribution in [1.29, 1.82) is 0 Å². The van der Waals surface area contributed by atoms with E-state index in [1.807, 2.05) is 11.8 Å². The highest BCUT2D eigenvalue weighted by atomic mass is 32.1. The number of carbonyl (C=O) groups excluding carboxylic acids is 1. The second-order valence-corrected chi connectivity index (χ2v) is 8.75. The Kier molecular flexibility index (Phi) is 4.07. The summed E-state index contributed by atoms with van der Waals surface area (Å²) in [5, 5.41) is 11.2. The van der Waals surface area contributed by atoms with Gasteiger partial charge < -0.3 is 19.3 Å². The molecule has 1 amide bonds. The predicted molar refractivity (Wildman–Crippen MR) is 98.7 cm³/mol. The van der Waals surface area contributed by atoms with Crippen molar-refractivity contribution in [2.24, 2.45) is 11.3 Å². The first-order valence-corrected chi connectivity index (χ1v) is 9.68. The summed E-state index contributed by atoms with van der Waals surface area (Å²) in [5.74, 6) is 0.921. The Balaban J connectivity index is 1.53. The minimum atomic E-state index is -0.299. The minimum absolute atomic E-state index is 0.0652. The summed E-state index contributed by atoms with van der Waals surface area (Å²) in [5.41, 5.74) is 1.39. The van der Waals surface area contributed by atoms with Gasteiger partial charge in [-0.25, -0.2) is 9.97 Å². The van der Waals surface area contributed by atoms with E-state index in [9.17, 15) is 9.90 Å². The summed E-state index contributed by atoms with van der Waals surface area (Å²) in [6.45, 7) is 10.4. The van der Waals surface area contributed by atoms with Crippen molar-refractivity contribution in [1.82, 2.24) is 14.9 Å². The van der Waals surface area contributed by atoms with Gasteiger partial charge in [0.25, 0.3) is 5.91 Å². The highest BCUT2D eigenvalue weighted by Gasteiger charge is 2.54. The highest BCUT2D eigenvalue weighted by Crippen LogP contribution is 2.45. The molecule has 1 N–H and O–H groups in total. The largest absolute Gasteiger partial charge is 0.436 e. The van der Waals surface area contributed by atoms with E-state index in [1.54, 1.807) is 25.2 Å². The number of hydrogen-bond acceptors (Lipinski definition) is 7. The molecule has 0 radical (unpaired) electrons. The van der Waals surface area contributed by atoms with Gasteiger partial charge in [-0.05, 0) is 20.8 Å². The molecule has 26 heavy (non-hydrogen) atoms. The zero-order valence-electron chi connectivity index (χ0n) is 15.6. The molecule has 0 aromatic carbocycles. The van der Waals surface area contributed by atoms with Crippen LogP contribution in [0.25, 0.3) is 0 Å². The number of likely N-dealkylation sites (tertiary alicyclic amines) is 1. The number of aliphatic hydroxyl groups excluding tert-OH is 1. The van der Waals surface area contributed by atoms with Gasteiger partial charge in [-0.1, -0.05) is 0 Å². The number of fused-ring (bicyclic) bond motifs is 1. The number of oxazole rings is 1. The fourth-order valence-corrected chi connectivity index (χ4v) is 5.09. The molecule has 0 bridgehead atoms. The van der Waals surface area contributed by atoms with Crippen molar-refractivity contribution in [3.63, 3.8) is 0 Å². The van der Waals surface area contributed by atoms with Gasteiger partial charge in [0, 0.05) is 49.3 Å². The standard InChI is InChI=1S/C18H24N4O3S/c1-10-12(3)26-17(20-10)22-6-14-5-21(7-18(14,8-22)9-23)16(24)15-11(2)19-13(4)25-15/h14,23H,5-9H2,1-4H3. The van der Waals surface area contributed by atoms with Gasteiger partial charge in [-0.15, -0.1) is 11.3 Å². The number of aryl methyl sites for hydroxylation is 4. The lowest BCUT2D eigenvalue weighted by atomic mass is 9.82. The van der Waals surface area contributed by atoms with Crippen LogP contribution in [-0.2, 0) is 0 Å². The summed E-state index contributed by atoms with van der Waals surface area (Å²) in [6, 6.07) is 0. The quantitative estimate of drug-likeness (QED) is 0.881. The summed E-state index contributed by atoms with van der Waals surface area (Å²) in [6.07, 6.45) is 0. The van der Waals surface area contributed by atoms with E-state index in [2.05, 4.69) is 21.8 Å². The molecule has 0 saturated carbocycles. The second-order valence-electron chi connectivity index (χ2n) is 7.57. The van der Waals surface area contributed by atoms with Crippen molar-refractivity contribution in [3.05, 3.63) is 27.9 Å². The molecular formula is C18H24N4O3S. The molecule has 4 heterocycles. The van der Waals surface area contributed by atoms with E-state index in [0.29, 0.717) is 30.4 Å². The third-order valence-electron chi connectivity index (χ3n) is 5.75. The van der Waals surface area contributed by atoms with Gasteiger partial charge in [0.2, 0.25) is 5.76 Å². The molecule has 2 aromatic heterocycles. The molecule has 2 aliphatic rings. The highest BCUT2D eigenvalue weighted by molar-refractivity contribution is 7.15. The Morgan fingerprint density at radius 2 is 2.00 bits per heavy atom. The zero-order valence-corrected chi connectivity index (χ0v) is 16.4. The molecule has 0 aliphatic carbocycles. The first kappa shape index (κ1) is 17.5. The maximum atomic E-state index is 12.9. The minimum Gasteiger partial charge on any atom is -0.436 e. The first-order valence-electron chi connectivity index (χ1n) is 8.86. The van der Waals surface area contributed by atoms with Crippen LogP contribution < -0.4 is 4.90 Å². The Hall–Kier alpha value is -1.93. The normalized spacial score (nSPS) is 25.2. The number of nitrogens with zero attached hydrogens (tertiary/aromatic N) is 4. The molecule has 2 unspecified atom stereocenters. The van der Waals surface area contributed by atoms with Crippen LogP contribution in [0.2, 0.25) is 0 Å². The number of hydrogen-bond donors (Lipinski definition) is 1. The van der Waals surface area contributed by atoms with E-state index in [-0.39, 0.29) is 23.8 Å². The molecule has 0 spiro atoms. The van der Waals surface area contributed by atoms with Gasteiger partial charge in [0.05, 0.1) is 18.0 Å². The lowest BCUT2D eigenvalue weighted by Gasteiger charge is -2.26. The number of aliphatic hydroxyl groups is 1. The number of aromatic nitrogens is 2. The van der Waals surface area contributed by atoms with Crippen LogP contribution in [-0.4, -0.2) is 58.7 Å². The van der Waals surface area contributed by atoms with Crippen molar-refractivity contribution in [3.8, 4) is 0 Å². The van der Waals surface area contributed by atoms with E-state index >= 15 is 0 Å². The summed E-state index contributed by atoms with van der Waals surface area (Å²) in [7, 11) is 0. The van der Waals surface area contributed by atoms with E-state index in [4.69, 9.17) is 4.42 Å². The zero-order chi connectivity index (χ0) is 18.6. The molecule has 2 aliphatic heterocycles. The predicted octanol–water partition coefficient (Wildman–Crippen LogP) is 1.94. The van der Waals surface area contributed by atoms with Crippen LogP contribution in [0.1, 0.15) is 32.7 Å². The van der Waals surface area contributed by atoms with Crippen molar-refractivity contribution >= 4 is 22.4 Å². The fraction of sp³-hybridized carbons (Fsp3) is 0.611. The van der Waals surface area contributed by atoms with Crippen molar-refractivity contribution in [2.45, 2.75) is 27.7 Å². The molecule has 2 aromatic rings. The molecule has 4 rings (SSSR count). The van der Waals surface area contributed by atoms with Gasteiger partial charge in [-0.3, -0.25) is 4.79 Å². The second kappa shape index (κ2) is 6.06. The average Bonchev–Trinajstić information content (AvgIpc) is 3.29. The third kappa shape index (κ3) is 2.63. The molecular weight excluding hydrogens is 352 g/mol. The van der Waals surface area contributed by atoms with Crippen LogP contribution in [0, 0.1) is 39.0 Å². The molecule has 140 valence electrons. The van der Waals surface area contributed by atoms with E-state index < -0.39 is 0 Å². The van der Waals surface area contributed by atoms with Crippen LogP contribution in [0.4, 0.5) is 5.13 Å². The SMILES string of the molecule is Cc1nc(C)c(C(=O)N2CC3CN(c4nc(C)c(C)s4)CC3(CO)C2)o1. The topological polar surface area (TPSA) is 82.7 Å². The van der Waals surface area contributed by atoms with Gasteiger partial charge >= 0.3 is 0 Å². The molecule has 8 heteroatoms. The lowest BCUT2D eigenvalue weighted by molar-refractivity contribution is 0.0715. The Morgan fingerprint density at radius 1 is 1.23 bits per heavy atom. The van der Waals surface area contributed by atoms with Crippen molar-refractivity contribution in [2.75, 3.05) is 37.7 Å². The van der Waals surface area contributed by atoms with Crippen LogP contribution >= 0.6 is 11.3 Å². The molecule has 2 fully saturated rings. The van der Waals surface area contributed by atoms with Gasteiger partial charge in [0.1, 0.15) is 0 Å².